The van der Waals surface area contributed by atoms with Crippen LogP contribution in [0.4, 0.5) is 0 Å². The summed E-state index contributed by atoms with van der Waals surface area (Å²) in [5.41, 5.74) is 0. The molecule has 0 rings (SSSR count). The summed E-state index contributed by atoms with van der Waals surface area (Å²) in [7, 11) is 0. The number of ether oxygens (including phenoxy) is 3. The van der Waals surface area contributed by atoms with E-state index in [1.165, 1.54) is 225 Å². The molecule has 0 fully saturated rings. The Morgan fingerprint density at radius 1 is 0.278 bits per heavy atom. The van der Waals surface area contributed by atoms with E-state index in [0.717, 1.165) is 83.5 Å². The van der Waals surface area contributed by atoms with Crippen molar-refractivity contribution in [1.29, 1.82) is 0 Å². The van der Waals surface area contributed by atoms with Gasteiger partial charge in [0.2, 0.25) is 0 Å². The Morgan fingerprint density at radius 2 is 0.500 bits per heavy atom. The molecule has 0 bridgehead atoms. The van der Waals surface area contributed by atoms with Gasteiger partial charge in [-0.25, -0.2) is 0 Å². The van der Waals surface area contributed by atoms with Crippen molar-refractivity contribution in [1.82, 2.24) is 0 Å². The predicted molar refractivity (Wildman–Crippen MR) is 312 cm³/mol. The fourth-order valence-corrected chi connectivity index (χ4v) is 9.53. The molecule has 0 saturated carbocycles. The van der Waals surface area contributed by atoms with Gasteiger partial charge in [0.15, 0.2) is 6.10 Å². The zero-order chi connectivity index (χ0) is 52.2. The molecule has 0 aromatic rings. The summed E-state index contributed by atoms with van der Waals surface area (Å²) in [5, 5.41) is 0. The smallest absolute Gasteiger partial charge is 0.306 e. The lowest BCUT2D eigenvalue weighted by Gasteiger charge is -2.18. The monoisotopic (exact) mass is 1010 g/mol. The Morgan fingerprint density at radius 3 is 0.792 bits per heavy atom. The van der Waals surface area contributed by atoms with Crippen LogP contribution in [0.5, 0.6) is 0 Å². The van der Waals surface area contributed by atoms with Gasteiger partial charge in [0.25, 0.3) is 0 Å². The SMILES string of the molecule is CCCCCC/C=C\C/C=C\CCCCCCCC(=O)OC(COC(=O)CCCCCCCCCCC)COC(=O)CCCCCCCCCCCCCCCCCCC/C=C\CCCCCCCCCC. The van der Waals surface area contributed by atoms with Gasteiger partial charge < -0.3 is 14.2 Å². The van der Waals surface area contributed by atoms with Crippen LogP contribution in [0, 0.1) is 0 Å². The fraction of sp³-hybridized carbons (Fsp3) is 0.864. The third kappa shape index (κ3) is 58.5. The maximum atomic E-state index is 12.8. The molecule has 0 radical (unpaired) electrons. The minimum absolute atomic E-state index is 0.0735. The molecule has 0 saturated heterocycles. The molecule has 0 heterocycles. The summed E-state index contributed by atoms with van der Waals surface area (Å²) in [6.45, 7) is 6.64. The first-order chi connectivity index (χ1) is 35.5. The second-order valence-corrected chi connectivity index (χ2v) is 21.7. The lowest BCUT2D eigenvalue weighted by Crippen LogP contribution is -2.30. The van der Waals surface area contributed by atoms with Crippen molar-refractivity contribution in [3.8, 4) is 0 Å². The average Bonchev–Trinajstić information content (AvgIpc) is 3.38. The number of carbonyl (C=O) groups excluding carboxylic acids is 3. The summed E-state index contributed by atoms with van der Waals surface area (Å²) < 4.78 is 16.9. The fourth-order valence-electron chi connectivity index (χ4n) is 9.53. The van der Waals surface area contributed by atoms with Gasteiger partial charge in [0.1, 0.15) is 13.2 Å². The summed E-state index contributed by atoms with van der Waals surface area (Å²) >= 11 is 0. The number of allylic oxidation sites excluding steroid dienone is 6. The van der Waals surface area contributed by atoms with Crippen LogP contribution >= 0.6 is 0 Å². The number of hydrogen-bond acceptors (Lipinski definition) is 6. The highest BCUT2D eigenvalue weighted by Crippen LogP contribution is 2.17. The van der Waals surface area contributed by atoms with Crippen LogP contribution in [0.3, 0.4) is 0 Å². The minimum atomic E-state index is -0.775. The first kappa shape index (κ1) is 69.6. The van der Waals surface area contributed by atoms with Gasteiger partial charge in [0, 0.05) is 19.3 Å². The Bertz CT molecular complexity index is 1210. The average molecular weight is 1010 g/mol. The maximum Gasteiger partial charge on any atom is 0.306 e. The Hall–Kier alpha value is -2.37. The molecule has 0 amide bonds. The molecule has 72 heavy (non-hydrogen) atoms. The van der Waals surface area contributed by atoms with Crippen molar-refractivity contribution in [2.24, 2.45) is 0 Å². The molecule has 6 heteroatoms. The van der Waals surface area contributed by atoms with Crippen molar-refractivity contribution >= 4 is 17.9 Å². The molecule has 0 aliphatic heterocycles. The highest BCUT2D eigenvalue weighted by molar-refractivity contribution is 5.71. The first-order valence-corrected chi connectivity index (χ1v) is 32.0. The predicted octanol–water partition coefficient (Wildman–Crippen LogP) is 21.6. The Kier molecular flexibility index (Phi) is 59.2. The van der Waals surface area contributed by atoms with Gasteiger partial charge in [-0.3, -0.25) is 14.4 Å². The topological polar surface area (TPSA) is 78.9 Å². The molecule has 1 unspecified atom stereocenters. The van der Waals surface area contributed by atoms with Crippen molar-refractivity contribution < 1.29 is 28.6 Å². The highest BCUT2D eigenvalue weighted by Gasteiger charge is 2.19. The quantitative estimate of drug-likeness (QED) is 0.0261. The summed E-state index contributed by atoms with van der Waals surface area (Å²) in [6.07, 6.45) is 74.6. The number of rotatable bonds is 59. The zero-order valence-electron chi connectivity index (χ0n) is 48.5. The Balaban J connectivity index is 4.09. The minimum Gasteiger partial charge on any atom is -0.462 e. The summed E-state index contributed by atoms with van der Waals surface area (Å²) in [5.74, 6) is -0.871. The van der Waals surface area contributed by atoms with Gasteiger partial charge in [0.05, 0.1) is 0 Å². The Labute approximate surface area is 448 Å². The van der Waals surface area contributed by atoms with E-state index >= 15 is 0 Å². The van der Waals surface area contributed by atoms with Gasteiger partial charge in [-0.15, -0.1) is 0 Å². The van der Waals surface area contributed by atoms with Gasteiger partial charge in [-0.05, 0) is 77.0 Å². The van der Waals surface area contributed by atoms with Crippen molar-refractivity contribution in [2.45, 2.75) is 354 Å². The van der Waals surface area contributed by atoms with Crippen molar-refractivity contribution in [3.63, 3.8) is 0 Å². The number of unbranched alkanes of at least 4 members (excludes halogenated alkanes) is 42. The van der Waals surface area contributed by atoms with Crippen LogP contribution < -0.4 is 0 Å². The normalized spacial score (nSPS) is 12.2. The van der Waals surface area contributed by atoms with E-state index in [1.807, 2.05) is 0 Å². The van der Waals surface area contributed by atoms with Crippen LogP contribution in [0.25, 0.3) is 0 Å². The van der Waals surface area contributed by atoms with E-state index in [2.05, 4.69) is 57.2 Å². The second-order valence-electron chi connectivity index (χ2n) is 21.7. The van der Waals surface area contributed by atoms with E-state index in [1.54, 1.807) is 0 Å². The third-order valence-electron chi connectivity index (χ3n) is 14.4. The summed E-state index contributed by atoms with van der Waals surface area (Å²) in [4.78, 5) is 38.1. The molecule has 0 aromatic heterocycles. The molecule has 0 aliphatic carbocycles. The molecule has 0 aromatic carbocycles. The molecule has 0 spiro atoms. The maximum absolute atomic E-state index is 12.8. The van der Waals surface area contributed by atoms with Crippen LogP contribution in [0.15, 0.2) is 36.5 Å². The molecule has 0 aliphatic rings. The lowest BCUT2D eigenvalue weighted by atomic mass is 10.0. The second kappa shape index (κ2) is 61.2. The van der Waals surface area contributed by atoms with Crippen LogP contribution in [0.1, 0.15) is 348 Å². The number of carbonyl (C=O) groups is 3. The molecule has 422 valence electrons. The number of esters is 3. The largest absolute Gasteiger partial charge is 0.462 e. The molecule has 0 N–H and O–H groups in total. The van der Waals surface area contributed by atoms with Gasteiger partial charge in [-0.1, -0.05) is 288 Å². The van der Waals surface area contributed by atoms with E-state index < -0.39 is 6.10 Å². The van der Waals surface area contributed by atoms with E-state index in [0.29, 0.717) is 19.3 Å². The summed E-state index contributed by atoms with van der Waals surface area (Å²) in [6, 6.07) is 0. The van der Waals surface area contributed by atoms with E-state index in [9.17, 15) is 14.4 Å². The number of hydrogen-bond donors (Lipinski definition) is 0. The highest BCUT2D eigenvalue weighted by atomic mass is 16.6. The molecular weight excluding hydrogens is 889 g/mol. The molecule has 6 nitrogen and oxygen atoms in total. The molecular formula is C66H122O6. The molecule has 1 atom stereocenters. The zero-order valence-corrected chi connectivity index (χ0v) is 48.5. The van der Waals surface area contributed by atoms with Crippen LogP contribution in [-0.2, 0) is 28.6 Å². The van der Waals surface area contributed by atoms with Gasteiger partial charge in [-0.2, -0.15) is 0 Å². The van der Waals surface area contributed by atoms with Crippen LogP contribution in [0.2, 0.25) is 0 Å². The third-order valence-corrected chi connectivity index (χ3v) is 14.4. The van der Waals surface area contributed by atoms with Crippen LogP contribution in [-0.4, -0.2) is 37.2 Å². The van der Waals surface area contributed by atoms with Crippen molar-refractivity contribution in [2.75, 3.05) is 13.2 Å². The van der Waals surface area contributed by atoms with Crippen molar-refractivity contribution in [3.05, 3.63) is 36.5 Å². The van der Waals surface area contributed by atoms with Gasteiger partial charge >= 0.3 is 17.9 Å². The van der Waals surface area contributed by atoms with E-state index in [-0.39, 0.29) is 31.1 Å². The lowest BCUT2D eigenvalue weighted by molar-refractivity contribution is -0.167. The van der Waals surface area contributed by atoms with E-state index in [4.69, 9.17) is 14.2 Å². The first-order valence-electron chi connectivity index (χ1n) is 32.0. The standard InChI is InChI=1S/C66H122O6/c1-4-7-10-13-16-19-21-23-25-27-28-29-30-31-32-33-34-35-36-37-38-39-41-42-44-47-50-53-56-59-65(68)71-62-63(61-70-64(67)58-55-52-49-46-18-15-12-9-6-3)72-66(69)60-57-54-51-48-45-43-40-26-24-22-20-17-14-11-8-5-2/h20,22,26-28,40,63H,4-19,21,23-25,29-39,41-62H2,1-3H3/b22-20-,28-27-,40-26-.